The summed E-state index contributed by atoms with van der Waals surface area (Å²) in [7, 11) is 0. The average Bonchev–Trinajstić information content (AvgIpc) is 3.00. The fourth-order valence-corrected chi connectivity index (χ4v) is 3.02. The van der Waals surface area contributed by atoms with Gasteiger partial charge in [-0.2, -0.15) is 0 Å². The van der Waals surface area contributed by atoms with Crippen molar-refractivity contribution in [2.45, 2.75) is 25.9 Å². The number of hydrogen-bond donors (Lipinski definition) is 1. The Kier molecular flexibility index (Phi) is 4.02. The number of carboxylic acids is 1. The van der Waals surface area contributed by atoms with E-state index in [1.807, 2.05) is 0 Å². The van der Waals surface area contributed by atoms with Gasteiger partial charge in [0.05, 0.1) is 11.3 Å². The molecular weight excluding hydrogens is 284 g/mol. The smallest absolute Gasteiger partial charge is 0.335 e. The maximum atomic E-state index is 12.4. The molecule has 2 heterocycles. The van der Waals surface area contributed by atoms with Crippen LogP contribution in [0.25, 0.3) is 0 Å². The van der Waals surface area contributed by atoms with Crippen molar-refractivity contribution in [2.24, 2.45) is 0 Å². The third kappa shape index (κ3) is 2.78. The summed E-state index contributed by atoms with van der Waals surface area (Å²) in [5.41, 5.74) is 0.826. The Morgan fingerprint density at radius 1 is 1.32 bits per heavy atom. The molecular formula is C16H20N2O4. The highest BCUT2D eigenvalue weighted by Crippen LogP contribution is 2.34. The number of carboxylic acid groups (broad SMARTS) is 1. The fraction of sp³-hybridized carbons (Fsp3) is 0.500. The fourth-order valence-electron chi connectivity index (χ4n) is 3.02. The van der Waals surface area contributed by atoms with Crippen LogP contribution in [0.15, 0.2) is 18.2 Å². The molecule has 1 aromatic carbocycles. The van der Waals surface area contributed by atoms with Gasteiger partial charge in [-0.05, 0) is 51.1 Å². The Hall–Kier alpha value is -2.08. The van der Waals surface area contributed by atoms with Crippen molar-refractivity contribution in [1.82, 2.24) is 4.90 Å². The molecule has 0 aliphatic carbocycles. The van der Waals surface area contributed by atoms with E-state index in [1.165, 1.54) is 25.0 Å². The summed E-state index contributed by atoms with van der Waals surface area (Å²) in [5, 5.41) is 9.07. The summed E-state index contributed by atoms with van der Waals surface area (Å²) in [4.78, 5) is 27.5. The van der Waals surface area contributed by atoms with Crippen molar-refractivity contribution in [3.05, 3.63) is 23.8 Å². The van der Waals surface area contributed by atoms with E-state index >= 15 is 0 Å². The zero-order chi connectivity index (χ0) is 15.7. The Labute approximate surface area is 129 Å². The Morgan fingerprint density at radius 2 is 2.05 bits per heavy atom. The summed E-state index contributed by atoms with van der Waals surface area (Å²) in [6.07, 6.45) is 1.84. The summed E-state index contributed by atoms with van der Waals surface area (Å²) in [6.45, 7) is 5.30. The molecule has 0 aromatic heterocycles. The molecule has 1 N–H and O–H groups in total. The maximum Gasteiger partial charge on any atom is 0.335 e. The number of ether oxygens (including phenoxy) is 1. The van der Waals surface area contributed by atoms with E-state index in [-0.39, 0.29) is 11.5 Å². The van der Waals surface area contributed by atoms with Crippen LogP contribution in [0.4, 0.5) is 5.69 Å². The molecule has 6 heteroatoms. The highest BCUT2D eigenvalue weighted by atomic mass is 16.5. The Bertz CT molecular complexity index is 596. The van der Waals surface area contributed by atoms with Gasteiger partial charge in [-0.3, -0.25) is 4.79 Å². The van der Waals surface area contributed by atoms with E-state index < -0.39 is 12.1 Å². The second-order valence-corrected chi connectivity index (χ2v) is 5.79. The third-order valence-corrected chi connectivity index (χ3v) is 4.25. The lowest BCUT2D eigenvalue weighted by Gasteiger charge is -2.34. The van der Waals surface area contributed by atoms with Crippen molar-refractivity contribution < 1.29 is 19.4 Å². The molecule has 2 aliphatic rings. The normalized spacial score (nSPS) is 21.6. The standard InChI is InChI=1S/C16H20N2O4/c1-11-15(19)18(9-8-17-6-2-3-7-17)13-5-4-12(16(20)21)10-14(13)22-11/h4-5,10-11H,2-3,6-9H2,1H3,(H,20,21). The highest BCUT2D eigenvalue weighted by molar-refractivity contribution is 6.00. The number of hydrogen-bond acceptors (Lipinski definition) is 4. The summed E-state index contributed by atoms with van der Waals surface area (Å²) >= 11 is 0. The molecule has 1 aromatic rings. The van der Waals surface area contributed by atoms with Gasteiger partial charge in [-0.15, -0.1) is 0 Å². The highest BCUT2D eigenvalue weighted by Gasteiger charge is 2.32. The molecule has 0 bridgehead atoms. The first-order valence-electron chi connectivity index (χ1n) is 7.64. The molecule has 3 rings (SSSR count). The van der Waals surface area contributed by atoms with Gasteiger partial charge in [0.1, 0.15) is 5.75 Å². The monoisotopic (exact) mass is 304 g/mol. The molecule has 6 nitrogen and oxygen atoms in total. The van der Waals surface area contributed by atoms with Crippen LogP contribution in [0.3, 0.4) is 0 Å². The van der Waals surface area contributed by atoms with Crippen LogP contribution < -0.4 is 9.64 Å². The molecule has 1 saturated heterocycles. The number of anilines is 1. The van der Waals surface area contributed by atoms with E-state index in [9.17, 15) is 9.59 Å². The van der Waals surface area contributed by atoms with E-state index in [4.69, 9.17) is 9.84 Å². The maximum absolute atomic E-state index is 12.4. The summed E-state index contributed by atoms with van der Waals surface area (Å²) in [6, 6.07) is 4.66. The van der Waals surface area contributed by atoms with Gasteiger partial charge in [-0.1, -0.05) is 0 Å². The van der Waals surface area contributed by atoms with Gasteiger partial charge in [-0.25, -0.2) is 4.79 Å². The van der Waals surface area contributed by atoms with Crippen LogP contribution >= 0.6 is 0 Å². The van der Waals surface area contributed by atoms with Gasteiger partial charge in [0, 0.05) is 13.1 Å². The lowest BCUT2D eigenvalue weighted by molar-refractivity contribution is -0.125. The molecule has 0 radical (unpaired) electrons. The van der Waals surface area contributed by atoms with Crippen LogP contribution in [0.2, 0.25) is 0 Å². The average molecular weight is 304 g/mol. The van der Waals surface area contributed by atoms with Crippen molar-refractivity contribution >= 4 is 17.6 Å². The van der Waals surface area contributed by atoms with E-state index in [1.54, 1.807) is 17.9 Å². The number of carbonyl (C=O) groups is 2. The molecule has 1 atom stereocenters. The first-order valence-corrected chi connectivity index (χ1v) is 7.64. The minimum absolute atomic E-state index is 0.0743. The van der Waals surface area contributed by atoms with Gasteiger partial charge >= 0.3 is 5.97 Å². The summed E-state index contributed by atoms with van der Waals surface area (Å²) in [5.74, 6) is -0.609. The first kappa shape index (κ1) is 14.8. The first-order chi connectivity index (χ1) is 10.6. The predicted molar refractivity (Wildman–Crippen MR) is 81.5 cm³/mol. The summed E-state index contributed by atoms with van der Waals surface area (Å²) < 4.78 is 5.57. The number of rotatable bonds is 4. The minimum Gasteiger partial charge on any atom is -0.479 e. The third-order valence-electron chi connectivity index (χ3n) is 4.25. The van der Waals surface area contributed by atoms with E-state index in [0.29, 0.717) is 18.0 Å². The van der Waals surface area contributed by atoms with E-state index in [2.05, 4.69) is 4.90 Å². The lowest BCUT2D eigenvalue weighted by Crippen LogP contribution is -2.47. The zero-order valence-electron chi connectivity index (χ0n) is 12.6. The van der Waals surface area contributed by atoms with Crippen LogP contribution in [-0.2, 0) is 4.79 Å². The molecule has 22 heavy (non-hydrogen) atoms. The number of likely N-dealkylation sites (tertiary alicyclic amines) is 1. The quantitative estimate of drug-likeness (QED) is 0.915. The molecule has 2 aliphatic heterocycles. The zero-order valence-corrected chi connectivity index (χ0v) is 12.6. The number of benzene rings is 1. The second-order valence-electron chi connectivity index (χ2n) is 5.79. The molecule has 1 unspecified atom stereocenters. The number of nitrogens with zero attached hydrogens (tertiary/aromatic N) is 2. The van der Waals surface area contributed by atoms with Crippen LogP contribution in [-0.4, -0.2) is 54.2 Å². The number of amides is 1. The van der Waals surface area contributed by atoms with Crippen molar-refractivity contribution in [3.8, 4) is 5.75 Å². The van der Waals surface area contributed by atoms with Gasteiger partial charge in [0.2, 0.25) is 0 Å². The predicted octanol–water partition coefficient (Wildman–Crippen LogP) is 1.59. The van der Waals surface area contributed by atoms with Crippen molar-refractivity contribution in [1.29, 1.82) is 0 Å². The van der Waals surface area contributed by atoms with Crippen molar-refractivity contribution in [2.75, 3.05) is 31.1 Å². The lowest BCUT2D eigenvalue weighted by atomic mass is 10.1. The largest absolute Gasteiger partial charge is 0.479 e. The Morgan fingerprint density at radius 3 is 2.73 bits per heavy atom. The molecule has 1 fully saturated rings. The van der Waals surface area contributed by atoms with Crippen LogP contribution in [0, 0.1) is 0 Å². The molecule has 0 spiro atoms. The van der Waals surface area contributed by atoms with Gasteiger partial charge in [0.15, 0.2) is 6.10 Å². The SMILES string of the molecule is CC1Oc2cc(C(=O)O)ccc2N(CCN2CCCC2)C1=O. The van der Waals surface area contributed by atoms with Crippen LogP contribution in [0.5, 0.6) is 5.75 Å². The number of fused-ring (bicyclic) bond motifs is 1. The van der Waals surface area contributed by atoms with Crippen LogP contribution in [0.1, 0.15) is 30.1 Å². The number of aromatic carboxylic acids is 1. The van der Waals surface area contributed by atoms with Gasteiger partial charge < -0.3 is 19.6 Å². The second kappa shape index (κ2) is 5.96. The molecule has 1 amide bonds. The minimum atomic E-state index is -1.00. The van der Waals surface area contributed by atoms with E-state index in [0.717, 1.165) is 19.6 Å². The van der Waals surface area contributed by atoms with Gasteiger partial charge in [0.25, 0.3) is 5.91 Å². The van der Waals surface area contributed by atoms with Crippen molar-refractivity contribution in [3.63, 3.8) is 0 Å². The molecule has 0 saturated carbocycles. The Balaban J connectivity index is 1.82. The topological polar surface area (TPSA) is 70.1 Å². The molecule has 118 valence electrons. The number of carbonyl (C=O) groups excluding carboxylic acids is 1.